The van der Waals surface area contributed by atoms with Crippen molar-refractivity contribution in [2.75, 3.05) is 21.3 Å². The molecule has 0 fully saturated rings. The first-order valence-electron chi connectivity index (χ1n) is 39.1. The fourth-order valence-electron chi connectivity index (χ4n) is 14.0. The molecule has 0 aliphatic carbocycles. The number of hydrogen-bond acceptors (Lipinski definition) is 19. The number of phenolic OH excluding ortho intramolecular Hbond substituents is 3. The van der Waals surface area contributed by atoms with Crippen molar-refractivity contribution in [3.8, 4) is 85.5 Å². The zero-order valence-corrected chi connectivity index (χ0v) is 67.3. The summed E-state index contributed by atoms with van der Waals surface area (Å²) in [6.07, 6.45) is 6.66. The SMILES string of the molecule is Cc1cc(F)cc(Nc2cccc3nc(-c4cn(-c5cc(F)c(O)c(F)c5)nn4)ccc23)c1.Cc1cc(F)cc(Nc2cccc3nc(-c4cn(-c5ccc(F)cc5)nn4)ccc23)c1.Cc1cc(F)cc(Nc2cccc3nc(-c4cn(-c5ccc(O)c(F)c5)nn4)ccc23)c1.Cc1cc(F)cc(Nc2cccc3nc(-c4cn(-c5ccc(O)cc5)nn4)ccc23)c1. The van der Waals surface area contributed by atoms with Crippen molar-refractivity contribution in [3.05, 3.63) is 367 Å². The average Bonchev–Trinajstić information content (AvgIpc) is 1.79. The number of hydrogen-bond donors (Lipinski definition) is 7. The predicted molar refractivity (Wildman–Crippen MR) is 471 cm³/mol. The molecule has 0 aliphatic heterocycles. The van der Waals surface area contributed by atoms with E-state index in [1.807, 2.05) is 167 Å². The molecule has 0 atom stereocenters. The number of fused-ring (bicyclic) bond motifs is 4. The van der Waals surface area contributed by atoms with Gasteiger partial charge in [-0.15, -0.1) is 20.4 Å². The zero-order valence-electron chi connectivity index (χ0n) is 67.3. The van der Waals surface area contributed by atoms with Crippen LogP contribution < -0.4 is 21.3 Å². The second-order valence-corrected chi connectivity index (χ2v) is 29.4. The molecule has 23 nitrogen and oxygen atoms in total. The molecule has 0 amide bonds. The van der Waals surface area contributed by atoms with Gasteiger partial charge in [0.25, 0.3) is 0 Å². The van der Waals surface area contributed by atoms with Crippen molar-refractivity contribution in [2.45, 2.75) is 27.7 Å². The van der Waals surface area contributed by atoms with E-state index in [-0.39, 0.29) is 40.5 Å². The van der Waals surface area contributed by atoms with E-state index in [2.05, 4.69) is 72.5 Å². The van der Waals surface area contributed by atoms with Crippen molar-refractivity contribution < 1.29 is 50.4 Å². The van der Waals surface area contributed by atoms with Crippen LogP contribution in [0.25, 0.3) is 112 Å². The van der Waals surface area contributed by atoms with Gasteiger partial charge in [0.2, 0.25) is 0 Å². The highest BCUT2D eigenvalue weighted by atomic mass is 19.2. The Morgan fingerprint density at radius 1 is 0.252 bits per heavy atom. The second-order valence-electron chi connectivity index (χ2n) is 29.4. The van der Waals surface area contributed by atoms with Crippen molar-refractivity contribution in [1.82, 2.24) is 79.9 Å². The minimum absolute atomic E-state index is 0.0687. The van der Waals surface area contributed by atoms with Gasteiger partial charge in [0.15, 0.2) is 29.0 Å². The van der Waals surface area contributed by atoms with Gasteiger partial charge in [-0.2, -0.15) is 0 Å². The Morgan fingerprint density at radius 3 is 0.843 bits per heavy atom. The van der Waals surface area contributed by atoms with Crippen molar-refractivity contribution in [1.29, 1.82) is 0 Å². The van der Waals surface area contributed by atoms with Crippen LogP contribution in [0.2, 0.25) is 0 Å². The lowest BCUT2D eigenvalue weighted by molar-refractivity contribution is 0.395. The van der Waals surface area contributed by atoms with Crippen LogP contribution >= 0.6 is 0 Å². The van der Waals surface area contributed by atoms with Gasteiger partial charge in [-0.1, -0.05) is 45.1 Å². The third kappa shape index (κ3) is 19.0. The predicted octanol–water partition coefficient (Wildman–Crippen LogP) is 22.4. The lowest BCUT2D eigenvalue weighted by Gasteiger charge is -2.11. The Hall–Kier alpha value is -17.1. The van der Waals surface area contributed by atoms with Crippen molar-refractivity contribution >= 4 is 89.1 Å². The highest BCUT2D eigenvalue weighted by Crippen LogP contribution is 2.36. The van der Waals surface area contributed by atoms with Crippen LogP contribution in [0.15, 0.2) is 298 Å². The summed E-state index contributed by atoms with van der Waals surface area (Å²) in [6, 6.07) is 75.4. The minimum Gasteiger partial charge on any atom is -0.508 e. The maximum absolute atomic E-state index is 13.8. The molecule has 0 spiro atoms. The summed E-state index contributed by atoms with van der Waals surface area (Å²) in [5.74, 6) is -5.71. The molecular formula is C96H68F8N20O3. The average molecular weight is 1700 g/mol. The largest absolute Gasteiger partial charge is 0.508 e. The molecule has 626 valence electrons. The molecule has 0 bridgehead atoms. The zero-order chi connectivity index (χ0) is 88.1. The topological polar surface area (TPSA) is 283 Å². The summed E-state index contributed by atoms with van der Waals surface area (Å²) >= 11 is 0. The molecule has 8 heterocycles. The van der Waals surface area contributed by atoms with Crippen LogP contribution in [-0.2, 0) is 0 Å². The van der Waals surface area contributed by atoms with Gasteiger partial charge in [0.05, 0.1) is 92.4 Å². The van der Waals surface area contributed by atoms with Gasteiger partial charge in [0, 0.05) is 85.2 Å². The number of halogens is 8. The number of nitrogens with one attached hydrogen (secondary N) is 4. The molecular weight excluding hydrogens is 1630 g/mol. The number of aromatic hydroxyl groups is 3. The summed E-state index contributed by atoms with van der Waals surface area (Å²) in [5, 5.41) is 77.5. The number of anilines is 8. The number of nitrogens with zero attached hydrogens (tertiary/aromatic N) is 16. The number of benzene rings is 12. The molecule has 0 radical (unpaired) electrons. The standard InChI is InChI=1S/C24H16F3N5O.C24H17F2N5O.C24H17F2N5.C24H18FN5O/c1-13-7-14(25)9-15(8-13)28-20-3-2-4-21-17(20)5-6-22(29-21)23-12-32(31-30-23)16-10-18(26)24(33)19(27)11-16;1-14-9-15(25)11-16(10-14)27-20-3-2-4-21-18(20)6-7-22(28-21)23-13-31(30-29-23)17-5-8-24(32)19(26)12-17;1-15-11-17(26)13-18(12-15)27-21-3-2-4-22-20(21)9-10-23(28-22)24-14-31(30-29-24)19-7-5-16(25)6-8-19;1-15-11-16(25)13-17(12-15)26-21-3-2-4-22-20(21)9-10-23(27-22)24-14-30(29-28-24)18-5-7-19(31)8-6-18/h2-12,28,33H,1H3;2-13,27,32H,1H3;2-14,27H,1H3;2-14,26,31H,1H3. The normalized spacial score (nSPS) is 11.1. The molecule has 0 unspecified atom stereocenters. The fraction of sp³-hybridized carbons (Fsp3) is 0.0417. The monoisotopic (exact) mass is 1700 g/mol. The first kappa shape index (κ1) is 82.2. The lowest BCUT2D eigenvalue weighted by Crippen LogP contribution is -1.97. The lowest BCUT2D eigenvalue weighted by atomic mass is 10.1. The summed E-state index contributed by atoms with van der Waals surface area (Å²) in [5.41, 5.74) is 18.7. The molecule has 8 aromatic heterocycles. The summed E-state index contributed by atoms with van der Waals surface area (Å²) in [7, 11) is 0. The Bertz CT molecular complexity index is 7220. The Balaban J connectivity index is 0.000000119. The fourth-order valence-corrected chi connectivity index (χ4v) is 14.0. The van der Waals surface area contributed by atoms with E-state index >= 15 is 0 Å². The third-order valence-corrected chi connectivity index (χ3v) is 19.9. The number of pyridine rings is 4. The molecule has 0 aliphatic rings. The van der Waals surface area contributed by atoms with E-state index in [1.165, 1.54) is 94.4 Å². The molecule has 12 aromatic carbocycles. The molecule has 0 saturated carbocycles. The molecule has 127 heavy (non-hydrogen) atoms. The highest BCUT2D eigenvalue weighted by molar-refractivity contribution is 5.98. The molecule has 31 heteroatoms. The van der Waals surface area contributed by atoms with Crippen LogP contribution in [0.3, 0.4) is 0 Å². The Labute approximate surface area is 716 Å². The van der Waals surface area contributed by atoms with Crippen LogP contribution in [0.4, 0.5) is 80.6 Å². The quantitative estimate of drug-likeness (QED) is 0.0443. The smallest absolute Gasteiger partial charge is 0.187 e. The van der Waals surface area contributed by atoms with E-state index in [0.717, 1.165) is 101 Å². The molecule has 7 N–H and O–H groups in total. The maximum atomic E-state index is 13.8. The number of phenols is 3. The second kappa shape index (κ2) is 35.5. The van der Waals surface area contributed by atoms with E-state index in [9.17, 15) is 50.4 Å². The van der Waals surface area contributed by atoms with Crippen LogP contribution in [0.5, 0.6) is 17.2 Å². The third-order valence-electron chi connectivity index (χ3n) is 19.9. The van der Waals surface area contributed by atoms with Gasteiger partial charge < -0.3 is 36.6 Å². The number of aryl methyl sites for hydroxylation is 4. The summed E-state index contributed by atoms with van der Waals surface area (Å²) in [4.78, 5) is 18.7. The molecule has 20 aromatic rings. The Morgan fingerprint density at radius 2 is 0.535 bits per heavy atom. The minimum atomic E-state index is -1.10. The van der Waals surface area contributed by atoms with Crippen molar-refractivity contribution in [3.63, 3.8) is 0 Å². The highest BCUT2D eigenvalue weighted by Gasteiger charge is 2.19. The summed E-state index contributed by atoms with van der Waals surface area (Å²) in [6.45, 7) is 7.37. The van der Waals surface area contributed by atoms with Crippen molar-refractivity contribution in [2.24, 2.45) is 0 Å². The first-order chi connectivity index (χ1) is 61.4. The molecule has 20 rings (SSSR count). The number of aromatic nitrogens is 16. The van der Waals surface area contributed by atoms with E-state index < -0.39 is 29.0 Å². The van der Waals surface area contributed by atoms with E-state index in [1.54, 1.807) is 70.4 Å². The number of rotatable bonds is 16. The van der Waals surface area contributed by atoms with Crippen LogP contribution in [0.1, 0.15) is 22.3 Å². The first-order valence-corrected chi connectivity index (χ1v) is 39.1. The van der Waals surface area contributed by atoms with Gasteiger partial charge in [-0.3, -0.25) is 0 Å². The van der Waals surface area contributed by atoms with E-state index in [0.29, 0.717) is 85.2 Å². The Kier molecular flexibility index (Phi) is 23.0. The van der Waals surface area contributed by atoms with Gasteiger partial charge in [-0.05, 0) is 280 Å². The van der Waals surface area contributed by atoms with Gasteiger partial charge in [-0.25, -0.2) is 73.8 Å². The summed E-state index contributed by atoms with van der Waals surface area (Å²) < 4.78 is 115. The van der Waals surface area contributed by atoms with Crippen LogP contribution in [0, 0.1) is 74.2 Å². The van der Waals surface area contributed by atoms with Gasteiger partial charge >= 0.3 is 0 Å². The van der Waals surface area contributed by atoms with Crippen LogP contribution in [-0.4, -0.2) is 95.2 Å². The maximum Gasteiger partial charge on any atom is 0.187 e. The van der Waals surface area contributed by atoms with Gasteiger partial charge in [0.1, 0.15) is 57.6 Å². The van der Waals surface area contributed by atoms with E-state index in [4.69, 9.17) is 9.97 Å². The molecule has 0 saturated heterocycles.